The molecule has 0 unspecified atom stereocenters. The molecular formula is C22H36N2. The Bertz CT molecular complexity index is 382. The predicted molar refractivity (Wildman–Crippen MR) is 103 cm³/mol. The lowest BCUT2D eigenvalue weighted by Gasteiger charge is -2.00. The van der Waals surface area contributed by atoms with E-state index in [-0.39, 0.29) is 0 Å². The van der Waals surface area contributed by atoms with E-state index in [0.29, 0.717) is 0 Å². The van der Waals surface area contributed by atoms with Gasteiger partial charge in [-0.05, 0) is 44.9 Å². The van der Waals surface area contributed by atoms with Gasteiger partial charge in [0.15, 0.2) is 0 Å². The van der Waals surface area contributed by atoms with E-state index in [1.54, 1.807) is 6.08 Å². The molecule has 2 nitrogen and oxygen atoms in total. The van der Waals surface area contributed by atoms with Crippen LogP contribution in [0.15, 0.2) is 24.3 Å². The van der Waals surface area contributed by atoms with Crippen molar-refractivity contribution in [3.05, 3.63) is 24.3 Å². The molecule has 0 rings (SSSR count). The normalized spacial score (nSPS) is 11.1. The maximum absolute atomic E-state index is 8.45. The number of unbranched alkanes of at least 4 members (excludes halogenated alkanes) is 14. The molecule has 0 aliphatic carbocycles. The number of hydrogen-bond acceptors (Lipinski definition) is 2. The Balaban J connectivity index is 3.10. The van der Waals surface area contributed by atoms with Gasteiger partial charge in [0.2, 0.25) is 0 Å². The van der Waals surface area contributed by atoms with E-state index in [1.807, 2.05) is 12.1 Å². The maximum atomic E-state index is 8.45. The number of nitrogens with zero attached hydrogens (tertiary/aromatic N) is 2. The minimum atomic E-state index is 0.722. The van der Waals surface area contributed by atoms with E-state index in [9.17, 15) is 0 Å². The molecule has 0 aromatic heterocycles. The Morgan fingerprint density at radius 2 is 0.917 bits per heavy atom. The van der Waals surface area contributed by atoms with E-state index in [1.165, 1.54) is 83.5 Å². The highest BCUT2D eigenvalue weighted by Crippen LogP contribution is 2.11. The molecule has 0 N–H and O–H groups in total. The minimum absolute atomic E-state index is 0.722. The molecule has 0 aromatic rings. The third kappa shape index (κ3) is 20.5. The van der Waals surface area contributed by atoms with E-state index in [2.05, 4.69) is 18.2 Å². The molecule has 0 bridgehead atoms. The van der Waals surface area contributed by atoms with Crippen LogP contribution < -0.4 is 0 Å². The molecule has 0 radical (unpaired) electrons. The molecule has 0 spiro atoms. The topological polar surface area (TPSA) is 47.6 Å². The van der Waals surface area contributed by atoms with Gasteiger partial charge in [-0.3, -0.25) is 0 Å². The summed E-state index contributed by atoms with van der Waals surface area (Å²) in [6.45, 7) is 0. The molecule has 2 heteroatoms. The Hall–Kier alpha value is -1.54. The molecule has 134 valence electrons. The van der Waals surface area contributed by atoms with Crippen LogP contribution in [0, 0.1) is 22.7 Å². The fraction of sp³-hybridized carbons (Fsp3) is 0.727. The highest BCUT2D eigenvalue weighted by atomic mass is 14.2. The van der Waals surface area contributed by atoms with Crippen molar-refractivity contribution in [2.75, 3.05) is 0 Å². The second kappa shape index (κ2) is 21.5. The van der Waals surface area contributed by atoms with Crippen molar-refractivity contribution < 1.29 is 0 Å². The molecule has 0 saturated carbocycles. The SMILES string of the molecule is N#CC=CCCCCCCCCCC=CCCCCCCCC#N. The molecule has 0 saturated heterocycles. The first-order chi connectivity index (χ1) is 11.9. The van der Waals surface area contributed by atoms with Crippen LogP contribution in [0.4, 0.5) is 0 Å². The third-order valence-electron chi connectivity index (χ3n) is 4.26. The number of rotatable bonds is 17. The van der Waals surface area contributed by atoms with Gasteiger partial charge in [-0.1, -0.05) is 69.6 Å². The lowest BCUT2D eigenvalue weighted by molar-refractivity contribution is 0.583. The van der Waals surface area contributed by atoms with Gasteiger partial charge in [-0.15, -0.1) is 0 Å². The smallest absolute Gasteiger partial charge is 0.0908 e. The van der Waals surface area contributed by atoms with Crippen LogP contribution in [0.2, 0.25) is 0 Å². The van der Waals surface area contributed by atoms with Gasteiger partial charge < -0.3 is 0 Å². The van der Waals surface area contributed by atoms with E-state index in [4.69, 9.17) is 10.5 Å². The molecule has 0 amide bonds. The molecule has 0 fully saturated rings. The first-order valence-electron chi connectivity index (χ1n) is 9.98. The zero-order valence-electron chi connectivity index (χ0n) is 15.5. The van der Waals surface area contributed by atoms with Gasteiger partial charge in [0, 0.05) is 12.5 Å². The van der Waals surface area contributed by atoms with Crippen molar-refractivity contribution in [1.82, 2.24) is 0 Å². The van der Waals surface area contributed by atoms with E-state index < -0.39 is 0 Å². The summed E-state index contributed by atoms with van der Waals surface area (Å²) in [5.74, 6) is 0. The Kier molecular flexibility index (Phi) is 20.1. The fourth-order valence-electron chi connectivity index (χ4n) is 2.78. The van der Waals surface area contributed by atoms with Gasteiger partial charge in [0.05, 0.1) is 12.1 Å². The van der Waals surface area contributed by atoms with Crippen LogP contribution >= 0.6 is 0 Å². The predicted octanol–water partition coefficient (Wildman–Crippen LogP) is 7.39. The summed E-state index contributed by atoms with van der Waals surface area (Å²) >= 11 is 0. The second-order valence-corrected chi connectivity index (χ2v) is 6.52. The Morgan fingerprint density at radius 3 is 1.38 bits per heavy atom. The van der Waals surface area contributed by atoms with Gasteiger partial charge in [0.25, 0.3) is 0 Å². The minimum Gasteiger partial charge on any atom is -0.198 e. The fourth-order valence-corrected chi connectivity index (χ4v) is 2.78. The second-order valence-electron chi connectivity index (χ2n) is 6.52. The summed E-state index contributed by atoms with van der Waals surface area (Å²) in [4.78, 5) is 0. The number of hydrogen-bond donors (Lipinski definition) is 0. The lowest BCUT2D eigenvalue weighted by Crippen LogP contribution is -1.80. The summed E-state index contributed by atoms with van der Waals surface area (Å²) in [5, 5.41) is 16.8. The average Bonchev–Trinajstić information content (AvgIpc) is 2.60. The van der Waals surface area contributed by atoms with Crippen LogP contribution in [0.25, 0.3) is 0 Å². The van der Waals surface area contributed by atoms with Crippen LogP contribution in [-0.4, -0.2) is 0 Å². The van der Waals surface area contributed by atoms with Crippen LogP contribution in [0.3, 0.4) is 0 Å². The van der Waals surface area contributed by atoms with Crippen LogP contribution in [0.1, 0.15) is 103 Å². The van der Waals surface area contributed by atoms with Gasteiger partial charge in [-0.25, -0.2) is 0 Å². The zero-order chi connectivity index (χ0) is 17.6. The zero-order valence-corrected chi connectivity index (χ0v) is 15.5. The molecule has 0 aliphatic heterocycles. The molecule has 0 aromatic carbocycles. The van der Waals surface area contributed by atoms with Crippen molar-refractivity contribution in [2.24, 2.45) is 0 Å². The highest BCUT2D eigenvalue weighted by molar-refractivity contribution is 5.01. The van der Waals surface area contributed by atoms with Crippen molar-refractivity contribution in [1.29, 1.82) is 10.5 Å². The molecule has 0 aliphatic rings. The average molecular weight is 329 g/mol. The summed E-state index contributed by atoms with van der Waals surface area (Å²) in [6.07, 6.45) is 28.0. The van der Waals surface area contributed by atoms with Crippen molar-refractivity contribution in [3.63, 3.8) is 0 Å². The Morgan fingerprint density at radius 1 is 0.500 bits per heavy atom. The molecule has 0 heterocycles. The largest absolute Gasteiger partial charge is 0.198 e. The van der Waals surface area contributed by atoms with Gasteiger partial charge in [0.1, 0.15) is 0 Å². The van der Waals surface area contributed by atoms with E-state index >= 15 is 0 Å². The van der Waals surface area contributed by atoms with Crippen LogP contribution in [0.5, 0.6) is 0 Å². The summed E-state index contributed by atoms with van der Waals surface area (Å²) in [5.41, 5.74) is 0. The molecule has 0 atom stereocenters. The molecule has 24 heavy (non-hydrogen) atoms. The quantitative estimate of drug-likeness (QED) is 0.159. The van der Waals surface area contributed by atoms with Crippen molar-refractivity contribution in [3.8, 4) is 12.1 Å². The molecular weight excluding hydrogens is 292 g/mol. The first kappa shape index (κ1) is 22.5. The monoisotopic (exact) mass is 328 g/mol. The van der Waals surface area contributed by atoms with Gasteiger partial charge >= 0.3 is 0 Å². The van der Waals surface area contributed by atoms with Crippen molar-refractivity contribution >= 4 is 0 Å². The Labute approximate surface area is 150 Å². The third-order valence-corrected chi connectivity index (χ3v) is 4.26. The van der Waals surface area contributed by atoms with Crippen molar-refractivity contribution in [2.45, 2.75) is 103 Å². The summed E-state index contributed by atoms with van der Waals surface area (Å²) in [6, 6.07) is 4.23. The first-order valence-corrected chi connectivity index (χ1v) is 9.98. The standard InChI is InChI=1S/C22H36N2/c23-21-19-17-15-13-11-9-7-5-3-1-2-4-6-8-10-12-14-16-18-20-22-24/h3,5,18,20H,1-2,4,6-17,19H2. The number of allylic oxidation sites excluding steroid dienone is 4. The summed E-state index contributed by atoms with van der Waals surface area (Å²) in [7, 11) is 0. The summed E-state index contributed by atoms with van der Waals surface area (Å²) < 4.78 is 0. The van der Waals surface area contributed by atoms with Gasteiger partial charge in [-0.2, -0.15) is 10.5 Å². The van der Waals surface area contributed by atoms with E-state index in [0.717, 1.165) is 19.3 Å². The highest BCUT2D eigenvalue weighted by Gasteiger charge is 1.91. The lowest BCUT2D eigenvalue weighted by atomic mass is 10.1. The van der Waals surface area contributed by atoms with Crippen LogP contribution in [-0.2, 0) is 0 Å². The maximum Gasteiger partial charge on any atom is 0.0908 e. The number of nitriles is 2.